The molecule has 0 spiro atoms. The fraction of sp³-hybridized carbons (Fsp3) is 0.652. The molecule has 0 fully saturated rings. The van der Waals surface area contributed by atoms with Crippen molar-refractivity contribution in [1.82, 2.24) is 0 Å². The van der Waals surface area contributed by atoms with E-state index in [1.807, 2.05) is 104 Å². The first-order chi connectivity index (χ1) is 25.4. The molecule has 0 aromatic heterocycles. The Morgan fingerprint density at radius 1 is 0.526 bits per heavy atom. The Morgan fingerprint density at radius 3 is 1.05 bits per heavy atom. The number of ketones is 4. The van der Waals surface area contributed by atoms with E-state index in [1.54, 1.807) is 64.2 Å². The Labute approximate surface area is 345 Å². The minimum Gasteiger partial charge on any atom is -0.460 e. The van der Waals surface area contributed by atoms with Gasteiger partial charge in [0, 0.05) is 33.3 Å². The largest absolute Gasteiger partial charge is 0.460 e. The zero-order valence-electron chi connectivity index (χ0n) is 38.9. The lowest BCUT2D eigenvalue weighted by Crippen LogP contribution is -2.24. The fourth-order valence-corrected chi connectivity index (χ4v) is 2.94. The molecule has 57 heavy (non-hydrogen) atoms. The fourth-order valence-electron chi connectivity index (χ4n) is 2.94. The van der Waals surface area contributed by atoms with E-state index in [9.17, 15) is 33.9 Å². The molecule has 0 aromatic rings. The summed E-state index contributed by atoms with van der Waals surface area (Å²) in [5.41, 5.74) is -0.796. The minimum absolute atomic E-state index is 0.0368. The highest BCUT2D eigenvalue weighted by molar-refractivity contribution is 5.98. The maximum atomic E-state index is 11.4. The number of allylic oxidation sites excluding steroid dienone is 7. The van der Waals surface area contributed by atoms with Crippen LogP contribution in [0, 0.1) is 27.1 Å². The minimum atomic E-state index is -1.09. The third-order valence-corrected chi connectivity index (χ3v) is 6.51. The molecule has 0 aliphatic carbocycles. The molecule has 0 radical (unpaired) electrons. The van der Waals surface area contributed by atoms with Crippen LogP contribution >= 0.6 is 0 Å². The van der Waals surface area contributed by atoms with Gasteiger partial charge in [-0.25, -0.2) is 9.59 Å². The van der Waals surface area contributed by atoms with Gasteiger partial charge in [-0.3, -0.25) is 19.2 Å². The molecule has 330 valence electrons. The number of aliphatic hydroxyl groups is 3. The smallest absolute Gasteiger partial charge is 0.333 e. The first kappa shape index (κ1) is 62.4. The Kier molecular flexibility index (Phi) is 33.2. The molecule has 0 saturated heterocycles. The highest BCUT2D eigenvalue weighted by atomic mass is 16.5. The molecule has 11 heteroatoms. The number of rotatable bonds is 12. The van der Waals surface area contributed by atoms with Gasteiger partial charge >= 0.3 is 11.9 Å². The Morgan fingerprint density at radius 2 is 0.825 bits per heavy atom. The summed E-state index contributed by atoms with van der Waals surface area (Å²) in [6, 6.07) is 0. The Balaban J connectivity index is -0.000000202. The first-order valence-corrected chi connectivity index (χ1v) is 19.1. The molecule has 0 heterocycles. The van der Waals surface area contributed by atoms with Crippen molar-refractivity contribution < 1.29 is 53.6 Å². The Bertz CT molecular complexity index is 1260. The number of hydrogen-bond acceptors (Lipinski definition) is 11. The molecule has 3 N–H and O–H groups in total. The van der Waals surface area contributed by atoms with Crippen molar-refractivity contribution in [1.29, 1.82) is 0 Å². The number of esters is 2. The summed E-state index contributed by atoms with van der Waals surface area (Å²) in [6.07, 6.45) is 11.2. The van der Waals surface area contributed by atoms with Gasteiger partial charge in [-0.15, -0.1) is 0 Å². The van der Waals surface area contributed by atoms with Crippen molar-refractivity contribution in [2.45, 2.75) is 150 Å². The summed E-state index contributed by atoms with van der Waals surface area (Å²) < 4.78 is 9.39. The predicted octanol–water partition coefficient (Wildman–Crippen LogP) is 8.49. The molecule has 0 aliphatic rings. The molecule has 0 bridgehead atoms. The van der Waals surface area contributed by atoms with Gasteiger partial charge in [-0.1, -0.05) is 129 Å². The van der Waals surface area contributed by atoms with Crippen LogP contribution in [-0.2, 0) is 38.2 Å². The molecule has 2 unspecified atom stereocenters. The maximum Gasteiger partial charge on any atom is 0.333 e. The van der Waals surface area contributed by atoms with Gasteiger partial charge in [0.2, 0.25) is 0 Å². The number of carbonyl (C=O) groups excluding carboxylic acids is 6. The lowest BCUT2D eigenvalue weighted by Gasteiger charge is -2.21. The van der Waals surface area contributed by atoms with E-state index >= 15 is 0 Å². The van der Waals surface area contributed by atoms with Crippen LogP contribution < -0.4 is 0 Å². The Hall–Kier alpha value is -3.80. The van der Waals surface area contributed by atoms with Crippen LogP contribution in [0.1, 0.15) is 138 Å². The molecule has 0 aliphatic heterocycles. The second kappa shape index (κ2) is 30.3. The van der Waals surface area contributed by atoms with Crippen molar-refractivity contribution in [3.05, 3.63) is 60.8 Å². The van der Waals surface area contributed by atoms with Gasteiger partial charge in [0.05, 0.1) is 12.7 Å². The first-order valence-electron chi connectivity index (χ1n) is 19.1. The van der Waals surface area contributed by atoms with Gasteiger partial charge in [0.25, 0.3) is 0 Å². The van der Waals surface area contributed by atoms with Crippen LogP contribution in [0.5, 0.6) is 0 Å². The van der Waals surface area contributed by atoms with E-state index in [-0.39, 0.29) is 58.0 Å². The number of hydrogen-bond donors (Lipinski definition) is 3. The van der Waals surface area contributed by atoms with E-state index in [4.69, 9.17) is 14.9 Å². The molecular formula is C46H80O11. The van der Waals surface area contributed by atoms with Crippen LogP contribution in [-0.4, -0.2) is 82.4 Å². The maximum absolute atomic E-state index is 11.4. The van der Waals surface area contributed by atoms with E-state index in [1.165, 1.54) is 0 Å². The molecular weight excluding hydrogens is 728 g/mol. The molecule has 0 amide bonds. The van der Waals surface area contributed by atoms with Crippen LogP contribution in [0.25, 0.3) is 0 Å². The third-order valence-electron chi connectivity index (χ3n) is 6.51. The molecule has 11 nitrogen and oxygen atoms in total. The molecule has 0 rings (SSSR count). The molecule has 2 atom stereocenters. The number of aliphatic hydroxyl groups excluding tert-OH is 3. The van der Waals surface area contributed by atoms with E-state index < -0.39 is 36.2 Å². The second-order valence-corrected chi connectivity index (χ2v) is 18.6. The highest BCUT2D eigenvalue weighted by Crippen LogP contribution is 2.21. The third kappa shape index (κ3) is 43.2. The summed E-state index contributed by atoms with van der Waals surface area (Å²) in [7, 11) is 0. The van der Waals surface area contributed by atoms with Gasteiger partial charge in [0.15, 0.2) is 23.1 Å². The zero-order chi connectivity index (χ0) is 46.6. The second-order valence-electron chi connectivity index (χ2n) is 18.6. The standard InChI is InChI=1S/C11H18O5.C11H20O3.3C8H14O/c1-11(2,3)9(14)4-5-10(15)16-7-8(13)6-12;1-8(2)10(13)14-7-9(12)6-11(3,4)5;3*1-5-6-7(9)8(2,3)4/h4-5,8,12-13H,6-7H2,1-3H3;9,12H,1,6-7H2,2-5H3;3*5-6H,1-4H3/b5-4-;;2*6-5+;6-5-. The summed E-state index contributed by atoms with van der Waals surface area (Å²) >= 11 is 0. The predicted molar refractivity (Wildman–Crippen MR) is 231 cm³/mol. The lowest BCUT2D eigenvalue weighted by molar-refractivity contribution is -0.142. The van der Waals surface area contributed by atoms with E-state index in [0.717, 1.165) is 12.2 Å². The number of ether oxygens (including phenoxy) is 2. The van der Waals surface area contributed by atoms with Crippen LogP contribution in [0.2, 0.25) is 0 Å². The summed E-state index contributed by atoms with van der Waals surface area (Å²) in [6.45, 7) is 38.4. The van der Waals surface area contributed by atoms with Gasteiger partial charge < -0.3 is 24.8 Å². The average molecular weight is 809 g/mol. The monoisotopic (exact) mass is 809 g/mol. The van der Waals surface area contributed by atoms with Crippen molar-refractivity contribution in [3.8, 4) is 0 Å². The van der Waals surface area contributed by atoms with E-state index in [0.29, 0.717) is 12.0 Å². The van der Waals surface area contributed by atoms with Gasteiger partial charge in [0.1, 0.15) is 19.3 Å². The van der Waals surface area contributed by atoms with Crippen LogP contribution in [0.3, 0.4) is 0 Å². The summed E-state index contributed by atoms with van der Waals surface area (Å²) in [4.78, 5) is 66.3. The lowest BCUT2D eigenvalue weighted by atomic mass is 9.89. The van der Waals surface area contributed by atoms with Gasteiger partial charge in [-0.2, -0.15) is 0 Å². The molecule has 0 saturated carbocycles. The summed E-state index contributed by atoms with van der Waals surface area (Å²) in [5.74, 6) is -0.796. The quantitative estimate of drug-likeness (QED) is 0.127. The SMILES string of the molecule is C/C=C/C(=O)C(C)(C)C.C/C=C/C(=O)C(C)(C)C.C/C=C\C(=O)C(C)(C)C.C=C(C)C(=O)OCC(O)CC(C)(C)C.CC(C)(C)C(=O)/C=C\C(=O)OCC(O)CO. The zero-order valence-corrected chi connectivity index (χ0v) is 38.9. The number of carbonyl (C=O) groups is 6. The summed E-state index contributed by atoms with van der Waals surface area (Å²) in [5, 5.41) is 26.9. The topological polar surface area (TPSA) is 182 Å². The van der Waals surface area contributed by atoms with Gasteiger partial charge in [-0.05, 0) is 63.8 Å². The van der Waals surface area contributed by atoms with Crippen molar-refractivity contribution in [2.75, 3.05) is 19.8 Å². The highest BCUT2D eigenvalue weighted by Gasteiger charge is 2.20. The molecule has 0 aromatic carbocycles. The average Bonchev–Trinajstić information content (AvgIpc) is 3.04. The van der Waals surface area contributed by atoms with Crippen LogP contribution in [0.15, 0.2) is 60.8 Å². The van der Waals surface area contributed by atoms with E-state index in [2.05, 4.69) is 11.3 Å². The van der Waals surface area contributed by atoms with Crippen molar-refractivity contribution in [2.24, 2.45) is 27.1 Å². The van der Waals surface area contributed by atoms with Crippen molar-refractivity contribution in [3.63, 3.8) is 0 Å². The normalized spacial score (nSPS) is 13.1. The van der Waals surface area contributed by atoms with Crippen LogP contribution in [0.4, 0.5) is 0 Å². The van der Waals surface area contributed by atoms with Crippen molar-refractivity contribution >= 4 is 35.1 Å².